The van der Waals surface area contributed by atoms with E-state index < -0.39 is 0 Å². The summed E-state index contributed by atoms with van der Waals surface area (Å²) in [5.74, 6) is 0.399. The van der Waals surface area contributed by atoms with Crippen molar-refractivity contribution in [3.63, 3.8) is 0 Å². The summed E-state index contributed by atoms with van der Waals surface area (Å²) in [5, 5.41) is 9.58. The largest absolute Gasteiger partial charge is 0.497 e. The van der Waals surface area contributed by atoms with Crippen LogP contribution in [0.5, 0.6) is 5.75 Å². The maximum absolute atomic E-state index is 12.6. The standard InChI is InChI=1S/C16H20N2O4/c1-22-13-4-2-11(3-5-13)18-15(20)10-14(16(18)21)17-8-6-12(19)7-9-17/h2-5,12,14,19H,6-10H2,1H3/p+1. The highest BCUT2D eigenvalue weighted by Gasteiger charge is 2.46. The van der Waals surface area contributed by atoms with Gasteiger partial charge in [0.25, 0.3) is 5.91 Å². The second kappa shape index (κ2) is 6.06. The topological polar surface area (TPSA) is 71.3 Å². The number of nitrogens with zero attached hydrogens (tertiary/aromatic N) is 1. The van der Waals surface area contributed by atoms with Gasteiger partial charge in [-0.1, -0.05) is 0 Å². The summed E-state index contributed by atoms with van der Waals surface area (Å²) in [6, 6.07) is 6.63. The average molecular weight is 305 g/mol. The number of imide groups is 1. The molecule has 0 aliphatic carbocycles. The van der Waals surface area contributed by atoms with Crippen LogP contribution in [0.1, 0.15) is 19.3 Å². The van der Waals surface area contributed by atoms with Crippen LogP contribution >= 0.6 is 0 Å². The van der Waals surface area contributed by atoms with E-state index in [1.54, 1.807) is 31.4 Å². The van der Waals surface area contributed by atoms with E-state index in [0.717, 1.165) is 18.0 Å². The quantitative estimate of drug-likeness (QED) is 0.729. The van der Waals surface area contributed by atoms with Crippen LogP contribution in [0.3, 0.4) is 0 Å². The monoisotopic (exact) mass is 305 g/mol. The molecular weight excluding hydrogens is 284 g/mol. The van der Waals surface area contributed by atoms with E-state index in [1.165, 1.54) is 4.90 Å². The number of carbonyl (C=O) groups is 2. The molecule has 2 heterocycles. The van der Waals surface area contributed by atoms with Gasteiger partial charge in [-0.15, -0.1) is 0 Å². The van der Waals surface area contributed by atoms with Gasteiger partial charge in [0.2, 0.25) is 5.91 Å². The Balaban J connectivity index is 1.76. The number of hydrogen-bond donors (Lipinski definition) is 2. The lowest BCUT2D eigenvalue weighted by Gasteiger charge is -2.29. The molecule has 22 heavy (non-hydrogen) atoms. The SMILES string of the molecule is COc1ccc(N2C(=O)CC([NH+]3CCC(O)CC3)C2=O)cc1. The number of quaternary nitrogens is 1. The van der Waals surface area contributed by atoms with Gasteiger partial charge < -0.3 is 14.7 Å². The minimum absolute atomic E-state index is 0.137. The van der Waals surface area contributed by atoms with E-state index in [4.69, 9.17) is 4.74 Å². The smallest absolute Gasteiger partial charge is 0.292 e. The Hall–Kier alpha value is -1.92. The second-order valence-electron chi connectivity index (χ2n) is 5.91. The number of rotatable bonds is 3. The molecule has 2 amide bonds. The van der Waals surface area contributed by atoms with E-state index >= 15 is 0 Å². The number of hydrogen-bond acceptors (Lipinski definition) is 4. The third-order valence-electron chi connectivity index (χ3n) is 4.57. The van der Waals surface area contributed by atoms with Crippen molar-refractivity contribution in [2.45, 2.75) is 31.4 Å². The van der Waals surface area contributed by atoms with Gasteiger partial charge in [-0.25, -0.2) is 4.90 Å². The number of anilines is 1. The number of benzene rings is 1. The zero-order chi connectivity index (χ0) is 15.7. The molecule has 2 aliphatic rings. The molecule has 1 atom stereocenters. The summed E-state index contributed by atoms with van der Waals surface area (Å²) in [5.41, 5.74) is 0.592. The fourth-order valence-corrected chi connectivity index (χ4v) is 3.28. The zero-order valence-corrected chi connectivity index (χ0v) is 12.6. The van der Waals surface area contributed by atoms with Crippen LogP contribution in [0.25, 0.3) is 0 Å². The van der Waals surface area contributed by atoms with Crippen molar-refractivity contribution in [1.82, 2.24) is 0 Å². The third-order valence-corrected chi connectivity index (χ3v) is 4.57. The van der Waals surface area contributed by atoms with E-state index in [0.29, 0.717) is 24.3 Å². The Morgan fingerprint density at radius 3 is 2.41 bits per heavy atom. The van der Waals surface area contributed by atoms with E-state index in [1.807, 2.05) is 0 Å². The first-order chi connectivity index (χ1) is 10.6. The Morgan fingerprint density at radius 1 is 1.18 bits per heavy atom. The molecule has 6 nitrogen and oxygen atoms in total. The molecule has 0 aromatic heterocycles. The molecule has 0 saturated carbocycles. The second-order valence-corrected chi connectivity index (χ2v) is 5.91. The fourth-order valence-electron chi connectivity index (χ4n) is 3.28. The van der Waals surface area contributed by atoms with Gasteiger partial charge in [-0.3, -0.25) is 9.59 Å². The molecular formula is C16H21N2O4+. The Labute approximate surface area is 129 Å². The summed E-state index contributed by atoms with van der Waals surface area (Å²) < 4.78 is 5.10. The van der Waals surface area contributed by atoms with Crippen molar-refractivity contribution < 1.29 is 24.3 Å². The third kappa shape index (κ3) is 2.71. The zero-order valence-electron chi connectivity index (χ0n) is 12.6. The lowest BCUT2D eigenvalue weighted by atomic mass is 10.1. The molecule has 2 N–H and O–H groups in total. The van der Waals surface area contributed by atoms with Crippen LogP contribution in [0.4, 0.5) is 5.69 Å². The molecule has 0 spiro atoms. The summed E-state index contributed by atoms with van der Waals surface area (Å²) in [7, 11) is 1.57. The summed E-state index contributed by atoms with van der Waals surface area (Å²) >= 11 is 0. The van der Waals surface area contributed by atoms with Gasteiger partial charge in [0.15, 0.2) is 6.04 Å². The number of likely N-dealkylation sites (tertiary alicyclic amines) is 1. The molecule has 3 rings (SSSR count). The lowest BCUT2D eigenvalue weighted by molar-refractivity contribution is -0.920. The van der Waals surface area contributed by atoms with Gasteiger partial charge >= 0.3 is 0 Å². The average Bonchev–Trinajstić information content (AvgIpc) is 2.83. The maximum atomic E-state index is 12.6. The van der Waals surface area contributed by atoms with Crippen LogP contribution in [0.15, 0.2) is 24.3 Å². The Morgan fingerprint density at radius 2 is 1.82 bits per heavy atom. The van der Waals surface area contributed by atoms with Gasteiger partial charge in [-0.05, 0) is 24.3 Å². The predicted molar refractivity (Wildman–Crippen MR) is 79.8 cm³/mol. The van der Waals surface area contributed by atoms with Gasteiger partial charge in [-0.2, -0.15) is 0 Å². The van der Waals surface area contributed by atoms with Gasteiger partial charge in [0, 0.05) is 12.8 Å². The molecule has 1 unspecified atom stereocenters. The maximum Gasteiger partial charge on any atom is 0.292 e. The molecule has 2 aliphatic heterocycles. The van der Waals surface area contributed by atoms with Crippen molar-refractivity contribution in [3.05, 3.63) is 24.3 Å². The number of piperidine rings is 1. The number of carbonyl (C=O) groups excluding carboxylic acids is 2. The number of amides is 2. The molecule has 118 valence electrons. The minimum Gasteiger partial charge on any atom is -0.497 e. The van der Waals surface area contributed by atoms with Crippen molar-refractivity contribution in [2.75, 3.05) is 25.1 Å². The fraction of sp³-hybridized carbons (Fsp3) is 0.500. The van der Waals surface area contributed by atoms with Crippen LogP contribution in [0, 0.1) is 0 Å². The van der Waals surface area contributed by atoms with Crippen molar-refractivity contribution >= 4 is 17.5 Å². The first kappa shape index (κ1) is 15.0. The highest BCUT2D eigenvalue weighted by Crippen LogP contribution is 2.24. The van der Waals surface area contributed by atoms with Crippen LogP contribution < -0.4 is 14.5 Å². The van der Waals surface area contributed by atoms with Crippen molar-refractivity contribution in [3.8, 4) is 5.75 Å². The number of aliphatic hydroxyl groups excluding tert-OH is 1. The van der Waals surface area contributed by atoms with Crippen LogP contribution in [-0.4, -0.2) is 49.3 Å². The normalized spacial score (nSPS) is 29.0. The number of methoxy groups -OCH3 is 1. The summed E-state index contributed by atoms with van der Waals surface area (Å²) in [6.07, 6.45) is 1.36. The Kier molecular flexibility index (Phi) is 4.13. The molecule has 1 aromatic carbocycles. The Bertz CT molecular complexity index is 564. The lowest BCUT2D eigenvalue weighted by Crippen LogP contribution is -3.17. The van der Waals surface area contributed by atoms with Crippen molar-refractivity contribution in [1.29, 1.82) is 0 Å². The molecule has 1 aromatic rings. The number of nitrogens with one attached hydrogen (secondary N) is 1. The summed E-state index contributed by atoms with van der Waals surface area (Å²) in [6.45, 7) is 1.47. The highest BCUT2D eigenvalue weighted by atomic mass is 16.5. The van der Waals surface area contributed by atoms with E-state index in [-0.39, 0.29) is 30.4 Å². The van der Waals surface area contributed by atoms with Gasteiger partial charge in [0.05, 0.1) is 38.4 Å². The van der Waals surface area contributed by atoms with E-state index in [2.05, 4.69) is 0 Å². The highest BCUT2D eigenvalue weighted by molar-refractivity contribution is 6.21. The molecule has 2 fully saturated rings. The first-order valence-electron chi connectivity index (χ1n) is 7.63. The van der Waals surface area contributed by atoms with Crippen LogP contribution in [-0.2, 0) is 9.59 Å². The van der Waals surface area contributed by atoms with Crippen molar-refractivity contribution in [2.24, 2.45) is 0 Å². The predicted octanol–water partition coefficient (Wildman–Crippen LogP) is -0.633. The first-order valence-corrected chi connectivity index (χ1v) is 7.63. The summed E-state index contributed by atoms with van der Waals surface area (Å²) in [4.78, 5) is 27.3. The van der Waals surface area contributed by atoms with E-state index in [9.17, 15) is 14.7 Å². The molecule has 0 bridgehead atoms. The molecule has 6 heteroatoms. The molecule has 2 saturated heterocycles. The van der Waals surface area contributed by atoms with Gasteiger partial charge in [0.1, 0.15) is 5.75 Å². The van der Waals surface area contributed by atoms with Crippen LogP contribution in [0.2, 0.25) is 0 Å². The molecule has 0 radical (unpaired) electrons. The number of ether oxygens (including phenoxy) is 1. The minimum atomic E-state index is -0.317. The number of aliphatic hydroxyl groups is 1.